The van der Waals surface area contributed by atoms with Crippen LogP contribution in [0.25, 0.3) is 0 Å². The van der Waals surface area contributed by atoms with Gasteiger partial charge in [0.15, 0.2) is 0 Å². The molecule has 0 aliphatic heterocycles. The van der Waals surface area contributed by atoms with Gasteiger partial charge in [-0.15, -0.1) is 0 Å². The van der Waals surface area contributed by atoms with E-state index in [2.05, 4.69) is 113 Å². The summed E-state index contributed by atoms with van der Waals surface area (Å²) in [5, 5.41) is 0. The van der Waals surface area contributed by atoms with Crippen molar-refractivity contribution in [3.63, 3.8) is 0 Å². The first-order valence-electron chi connectivity index (χ1n) is 12.0. The monoisotopic (exact) mass is 400 g/mol. The summed E-state index contributed by atoms with van der Waals surface area (Å²) in [6.07, 6.45) is 3.04. The first kappa shape index (κ1) is 22.7. The van der Waals surface area contributed by atoms with E-state index in [0.717, 1.165) is 12.8 Å². The summed E-state index contributed by atoms with van der Waals surface area (Å²) in [4.78, 5) is 2.57. The fourth-order valence-corrected chi connectivity index (χ4v) is 6.12. The Hall–Kier alpha value is -0.980. The van der Waals surface area contributed by atoms with Gasteiger partial charge in [0, 0.05) is 18.1 Å². The maximum atomic E-state index is 9.58. The van der Waals surface area contributed by atoms with E-state index < -0.39 is 5.89 Å². The minimum atomic E-state index is -0.530. The fraction of sp³-hybridized carbons (Fsp3) is 0.786. The highest BCUT2D eigenvalue weighted by molar-refractivity contribution is 5.61. The molecule has 1 aliphatic carbocycles. The van der Waals surface area contributed by atoms with Crippen LogP contribution in [0.2, 0.25) is 0 Å². The Labute approximate surface area is 184 Å². The van der Waals surface area contributed by atoms with Crippen LogP contribution < -0.4 is 4.90 Å². The Morgan fingerprint density at radius 1 is 0.828 bits per heavy atom. The maximum Gasteiger partial charge on any atom is 0.0413 e. The summed E-state index contributed by atoms with van der Waals surface area (Å²) >= 11 is 0. The molecule has 0 heterocycles. The average Bonchev–Trinajstić information content (AvgIpc) is 2.38. The summed E-state index contributed by atoms with van der Waals surface area (Å²) in [6.45, 7) is 30.1. The highest BCUT2D eigenvalue weighted by Gasteiger charge is 2.40. The Morgan fingerprint density at radius 3 is 1.66 bits per heavy atom. The van der Waals surface area contributed by atoms with E-state index in [0.29, 0.717) is 0 Å². The van der Waals surface area contributed by atoms with Gasteiger partial charge in [-0.1, -0.05) is 60.6 Å². The van der Waals surface area contributed by atoms with Crippen LogP contribution in [0.1, 0.15) is 128 Å². The first-order chi connectivity index (χ1) is 13.1. The third-order valence-corrected chi connectivity index (χ3v) is 6.14. The van der Waals surface area contributed by atoms with Gasteiger partial charge in [-0.3, -0.25) is 0 Å². The molecule has 0 aromatic heterocycles. The maximum absolute atomic E-state index is 9.58. The highest BCUT2D eigenvalue weighted by atomic mass is 15.2. The minimum Gasteiger partial charge on any atom is -0.362 e. The van der Waals surface area contributed by atoms with Crippen LogP contribution in [-0.2, 0) is 5.41 Å². The van der Waals surface area contributed by atoms with Crippen LogP contribution >= 0.6 is 0 Å². The van der Waals surface area contributed by atoms with Gasteiger partial charge in [-0.25, -0.2) is 0 Å². The third kappa shape index (κ3) is 5.80. The van der Waals surface area contributed by atoms with Crippen LogP contribution in [0.5, 0.6) is 0 Å². The molecule has 1 aliphatic rings. The standard InChI is InChI=1S/C28H49N/c1-24(2,3)22-16-20(21-17-27(10,11)19-28(12,13)18-21)14-15-23(22)29(25(4,5)6)26(7,8)9/h14-16,21H,17-19H2,1-13H3/i21D. The molecule has 0 spiro atoms. The second kappa shape index (κ2) is 7.31. The van der Waals surface area contributed by atoms with Crippen molar-refractivity contribution in [2.75, 3.05) is 4.90 Å². The lowest BCUT2D eigenvalue weighted by atomic mass is 9.60. The summed E-state index contributed by atoms with van der Waals surface area (Å²) in [7, 11) is 0. The van der Waals surface area contributed by atoms with Crippen molar-refractivity contribution in [1.29, 1.82) is 0 Å². The summed E-state index contributed by atoms with van der Waals surface area (Å²) in [6, 6.07) is 6.96. The number of hydrogen-bond acceptors (Lipinski definition) is 1. The van der Waals surface area contributed by atoms with Gasteiger partial charge < -0.3 is 4.90 Å². The number of rotatable bonds is 2. The second-order valence-electron chi connectivity index (χ2n) is 14.1. The smallest absolute Gasteiger partial charge is 0.0413 e. The van der Waals surface area contributed by atoms with Crippen molar-refractivity contribution in [2.45, 2.75) is 132 Å². The van der Waals surface area contributed by atoms with Gasteiger partial charge in [0.05, 0.1) is 0 Å². The van der Waals surface area contributed by atoms with Crippen molar-refractivity contribution in [1.82, 2.24) is 0 Å². The van der Waals surface area contributed by atoms with Crippen LogP contribution in [-0.4, -0.2) is 11.1 Å². The number of benzene rings is 1. The first-order valence-corrected chi connectivity index (χ1v) is 11.5. The van der Waals surface area contributed by atoms with Crippen molar-refractivity contribution < 1.29 is 1.37 Å². The summed E-state index contributed by atoms with van der Waals surface area (Å²) in [5.41, 5.74) is 4.26. The van der Waals surface area contributed by atoms with Gasteiger partial charge >= 0.3 is 0 Å². The third-order valence-electron chi connectivity index (χ3n) is 6.14. The van der Waals surface area contributed by atoms with Gasteiger partial charge in [-0.05, 0) is 100 Å². The Kier molecular flexibility index (Phi) is 5.72. The second-order valence-corrected chi connectivity index (χ2v) is 14.1. The Balaban J connectivity index is 2.71. The average molecular weight is 401 g/mol. The number of hydrogen-bond donors (Lipinski definition) is 0. The number of anilines is 1. The van der Waals surface area contributed by atoms with E-state index in [1.54, 1.807) is 0 Å². The van der Waals surface area contributed by atoms with E-state index in [1.807, 2.05) is 0 Å². The predicted molar refractivity (Wildman–Crippen MR) is 131 cm³/mol. The van der Waals surface area contributed by atoms with E-state index >= 15 is 0 Å². The molecule has 1 aromatic carbocycles. The van der Waals surface area contributed by atoms with Crippen LogP contribution in [0, 0.1) is 10.8 Å². The topological polar surface area (TPSA) is 3.24 Å². The molecule has 1 heteroatoms. The van der Waals surface area contributed by atoms with Gasteiger partial charge in [0.25, 0.3) is 0 Å². The fourth-order valence-electron chi connectivity index (χ4n) is 6.12. The minimum absolute atomic E-state index is 0.00718. The summed E-state index contributed by atoms with van der Waals surface area (Å²) in [5.74, 6) is -0.530. The van der Waals surface area contributed by atoms with E-state index in [1.165, 1.54) is 23.2 Å². The van der Waals surface area contributed by atoms with E-state index in [9.17, 15) is 1.37 Å². The molecule has 1 aromatic rings. The molecule has 0 N–H and O–H groups in total. The molecule has 0 radical (unpaired) electrons. The van der Waals surface area contributed by atoms with Crippen LogP contribution in [0.4, 0.5) is 5.69 Å². The highest BCUT2D eigenvalue weighted by Crippen LogP contribution is 2.52. The van der Waals surface area contributed by atoms with Gasteiger partial charge in [0.1, 0.15) is 0 Å². The van der Waals surface area contributed by atoms with Crippen molar-refractivity contribution in [2.24, 2.45) is 10.8 Å². The van der Waals surface area contributed by atoms with Gasteiger partial charge in [0.2, 0.25) is 0 Å². The molecule has 0 atom stereocenters. The Morgan fingerprint density at radius 2 is 1.28 bits per heavy atom. The quantitative estimate of drug-likeness (QED) is 0.479. The molecule has 0 saturated heterocycles. The van der Waals surface area contributed by atoms with Crippen molar-refractivity contribution >= 4 is 5.69 Å². The Bertz CT molecular complexity index is 735. The molecule has 1 saturated carbocycles. The SMILES string of the molecule is [2H]C1(c2ccc(N(C(C)(C)C)C(C)(C)C)c(C(C)(C)C)c2)CC(C)(C)CC(C)(C)C1. The zero-order valence-corrected chi connectivity index (χ0v) is 21.8. The summed E-state index contributed by atoms with van der Waals surface area (Å²) < 4.78 is 9.58. The molecular formula is C28H49N. The van der Waals surface area contributed by atoms with Crippen LogP contribution in [0.15, 0.2) is 18.2 Å². The van der Waals surface area contributed by atoms with Crippen LogP contribution in [0.3, 0.4) is 0 Å². The zero-order valence-electron chi connectivity index (χ0n) is 22.8. The molecule has 1 fully saturated rings. The lowest BCUT2D eigenvalue weighted by Crippen LogP contribution is -2.53. The molecule has 2 rings (SSSR count). The molecule has 29 heavy (non-hydrogen) atoms. The zero-order chi connectivity index (χ0) is 23.6. The van der Waals surface area contributed by atoms with Crippen molar-refractivity contribution in [3.05, 3.63) is 29.3 Å². The largest absolute Gasteiger partial charge is 0.362 e. The van der Waals surface area contributed by atoms with Crippen molar-refractivity contribution in [3.8, 4) is 0 Å². The normalized spacial score (nSPS) is 22.2. The molecule has 0 bridgehead atoms. The molecular weight excluding hydrogens is 350 g/mol. The molecule has 0 amide bonds. The van der Waals surface area contributed by atoms with Gasteiger partial charge in [-0.2, -0.15) is 0 Å². The lowest BCUT2D eigenvalue weighted by Gasteiger charge is -2.49. The predicted octanol–water partition coefficient (Wildman–Crippen LogP) is 8.71. The lowest BCUT2D eigenvalue weighted by molar-refractivity contribution is 0.0969. The molecule has 0 unspecified atom stereocenters. The van der Waals surface area contributed by atoms with E-state index in [4.69, 9.17) is 0 Å². The van der Waals surface area contributed by atoms with E-state index in [-0.39, 0.29) is 27.3 Å². The molecule has 1 nitrogen and oxygen atoms in total. The molecule has 166 valence electrons. The number of nitrogens with zero attached hydrogens (tertiary/aromatic N) is 1.